The first-order valence-corrected chi connectivity index (χ1v) is 23.1. The van der Waals surface area contributed by atoms with Crippen LogP contribution < -0.4 is 5.32 Å². The quantitative estimate of drug-likeness (QED) is 0.153. The number of morpholine rings is 1. The van der Waals surface area contributed by atoms with Gasteiger partial charge in [-0.2, -0.15) is 0 Å². The predicted molar refractivity (Wildman–Crippen MR) is 214 cm³/mol. The van der Waals surface area contributed by atoms with Crippen molar-refractivity contribution in [1.82, 2.24) is 20.0 Å². The van der Waals surface area contributed by atoms with Crippen molar-refractivity contribution in [2.45, 2.75) is 96.3 Å². The van der Waals surface area contributed by atoms with E-state index in [4.69, 9.17) is 32.7 Å². The Kier molecular flexibility index (Phi) is 13.7. The van der Waals surface area contributed by atoms with Gasteiger partial charge < -0.3 is 43.7 Å². The molecule has 5 aliphatic rings. The molecule has 4 aliphatic heterocycles. The number of amides is 4. The summed E-state index contributed by atoms with van der Waals surface area (Å²) in [6.45, 7) is 7.77. The van der Waals surface area contributed by atoms with Crippen molar-refractivity contribution < 1.29 is 66.1 Å². The Labute approximate surface area is 351 Å². The molecule has 5 fully saturated rings. The number of likely N-dealkylation sites (tertiary alicyclic amines) is 1. The largest absolute Gasteiger partial charge is 0.510 e. The molecule has 0 radical (unpaired) electrons. The average molecular weight is 877 g/mol. The molecule has 4 saturated heterocycles. The van der Waals surface area contributed by atoms with Crippen LogP contribution >= 0.6 is 18.9 Å². The van der Waals surface area contributed by atoms with Crippen LogP contribution in [0.2, 0.25) is 0 Å². The Morgan fingerprint density at radius 1 is 0.850 bits per heavy atom. The van der Waals surface area contributed by atoms with Crippen molar-refractivity contribution in [3.63, 3.8) is 0 Å². The van der Waals surface area contributed by atoms with E-state index in [-0.39, 0.29) is 35.8 Å². The first-order valence-electron chi connectivity index (χ1n) is 20.5. The second-order valence-electron chi connectivity index (χ2n) is 16.5. The highest BCUT2D eigenvalue weighted by Gasteiger charge is 2.53. The number of carbonyl (C=O) groups excluding carboxylic acids is 6. The summed E-state index contributed by atoms with van der Waals surface area (Å²) in [7, 11) is -4.12. The van der Waals surface area contributed by atoms with Gasteiger partial charge in [0.05, 0.1) is 42.4 Å². The highest BCUT2D eigenvalue weighted by molar-refractivity contribution is 7.53. The number of hydrogen-bond acceptors (Lipinski definition) is 15. The molecule has 1 aromatic heterocycles. The van der Waals surface area contributed by atoms with E-state index >= 15 is 0 Å². The van der Waals surface area contributed by atoms with E-state index in [0.717, 1.165) is 17.5 Å². The number of fused-ring (bicyclic) bond motifs is 3. The molecule has 4 amide bonds. The van der Waals surface area contributed by atoms with Gasteiger partial charge in [0, 0.05) is 36.9 Å². The van der Waals surface area contributed by atoms with E-state index < -0.39 is 63.7 Å². The average Bonchev–Trinajstić information content (AvgIpc) is 3.52. The molecule has 7 rings (SSSR count). The van der Waals surface area contributed by atoms with E-state index in [0.29, 0.717) is 86.3 Å². The monoisotopic (exact) mass is 876 g/mol. The van der Waals surface area contributed by atoms with Gasteiger partial charge in [-0.15, -0.1) is 11.3 Å². The van der Waals surface area contributed by atoms with Gasteiger partial charge in [0.15, 0.2) is 0 Å². The molecule has 1 saturated carbocycles. The lowest BCUT2D eigenvalue weighted by molar-refractivity contribution is -0.156. The lowest BCUT2D eigenvalue weighted by atomic mass is 9.96. The van der Waals surface area contributed by atoms with E-state index in [2.05, 4.69) is 5.32 Å². The molecule has 2 aromatic rings. The molecule has 0 bridgehead atoms. The smallest absolute Gasteiger partial charge is 0.432 e. The predicted octanol–water partition coefficient (Wildman–Crippen LogP) is 4.87. The van der Waals surface area contributed by atoms with Crippen LogP contribution in [-0.2, 0) is 57.8 Å². The minimum Gasteiger partial charge on any atom is -0.432 e. The van der Waals surface area contributed by atoms with Crippen LogP contribution in [0.3, 0.4) is 0 Å². The zero-order valence-corrected chi connectivity index (χ0v) is 36.0. The maximum atomic E-state index is 14.4. The number of nitrogens with one attached hydrogen (secondary N) is 1. The topological polar surface area (TPSA) is 206 Å². The van der Waals surface area contributed by atoms with Crippen LogP contribution in [0.4, 0.5) is 9.59 Å². The molecule has 5 atom stereocenters. The Morgan fingerprint density at radius 2 is 1.50 bits per heavy atom. The summed E-state index contributed by atoms with van der Waals surface area (Å²) in [5.41, 5.74) is 0.481. The maximum absolute atomic E-state index is 14.4. The minimum atomic E-state index is -4.12. The Hall–Kier alpha value is -4.29. The fraction of sp³-hybridized carbons (Fsp3) is 0.650. The number of rotatable bonds is 14. The summed E-state index contributed by atoms with van der Waals surface area (Å²) in [5.74, 6) is -0.272. The normalized spacial score (nSPS) is 24.3. The van der Waals surface area contributed by atoms with Crippen LogP contribution in [0.25, 0.3) is 10.1 Å². The Morgan fingerprint density at radius 3 is 2.15 bits per heavy atom. The molecular weight excluding hydrogens is 823 g/mol. The first-order chi connectivity index (χ1) is 28.7. The van der Waals surface area contributed by atoms with E-state index in [1.165, 1.54) is 11.3 Å². The van der Waals surface area contributed by atoms with Crippen LogP contribution in [0.5, 0.6) is 0 Å². The molecule has 0 spiro atoms. The van der Waals surface area contributed by atoms with Crippen molar-refractivity contribution in [3.05, 3.63) is 34.7 Å². The second-order valence-corrected chi connectivity index (χ2v) is 19.6. The fourth-order valence-corrected chi connectivity index (χ4v) is 10.6. The van der Waals surface area contributed by atoms with Gasteiger partial charge in [-0.05, 0) is 101 Å². The lowest BCUT2D eigenvalue weighted by Gasteiger charge is -2.44. The molecule has 5 heterocycles. The van der Waals surface area contributed by atoms with Gasteiger partial charge in [-0.3, -0.25) is 32.8 Å². The second kappa shape index (κ2) is 18.8. The molecule has 60 heavy (non-hydrogen) atoms. The zero-order valence-electron chi connectivity index (χ0n) is 34.2. The van der Waals surface area contributed by atoms with Crippen molar-refractivity contribution in [2.75, 3.05) is 53.0 Å². The summed E-state index contributed by atoms with van der Waals surface area (Å²) in [5, 5.41) is 3.66. The van der Waals surface area contributed by atoms with Crippen LogP contribution in [0.15, 0.2) is 24.3 Å². The molecular formula is C40H53N4O14PS. The molecule has 1 N–H and O–H groups in total. The van der Waals surface area contributed by atoms with Crippen molar-refractivity contribution in [3.8, 4) is 0 Å². The van der Waals surface area contributed by atoms with E-state index in [1.54, 1.807) is 66.7 Å². The Bertz CT molecular complexity index is 1970. The van der Waals surface area contributed by atoms with Gasteiger partial charge in [0.2, 0.25) is 31.3 Å². The highest BCUT2D eigenvalue weighted by atomic mass is 32.1. The minimum absolute atomic E-state index is 0.0392. The molecule has 1 aromatic carbocycles. The lowest BCUT2D eigenvalue weighted by Crippen LogP contribution is -2.62. The maximum Gasteiger partial charge on any atom is 0.510 e. The Balaban J connectivity index is 0.996. The van der Waals surface area contributed by atoms with Gasteiger partial charge in [0.1, 0.15) is 12.1 Å². The summed E-state index contributed by atoms with van der Waals surface area (Å²) < 4.78 is 50.3. The third-order valence-corrected chi connectivity index (χ3v) is 14.3. The number of thiophene rings is 1. The highest BCUT2D eigenvalue weighted by Crippen LogP contribution is 2.52. The summed E-state index contributed by atoms with van der Waals surface area (Å²) >= 11 is 1.23. The first kappa shape index (κ1) is 43.8. The number of nitrogens with zero attached hydrogens (tertiary/aromatic N) is 3. The standard InChI is InChI=1S/C40H53N4O14PS/c1-23(2)57-39(49)53-21-55-59(51,56-22-54-40(50)58-24(3)4)20-25-5-8-33-28(13-25)17-34(60-33)35(45)41-31-16-27-14-26(27)15-30-6-7-32(44(30)37(31)47)38(48)43-18-29(19-43)36(46)42-9-11-52-12-10-42/h5,8,13,17,23-24,26-27,29-32H,6-7,9-12,14-16,18-22H2,1-4H3,(H,41,45)/t26-,27+,30-,31+,32+/m1/s1. The van der Waals surface area contributed by atoms with Crippen LogP contribution in [0.1, 0.15) is 75.0 Å². The third-order valence-electron chi connectivity index (χ3n) is 11.4. The molecule has 20 heteroatoms. The summed E-state index contributed by atoms with van der Waals surface area (Å²) in [6.07, 6.45) is 0.257. The fourth-order valence-electron chi connectivity index (χ4n) is 8.35. The van der Waals surface area contributed by atoms with E-state index in [1.807, 2.05) is 0 Å². The molecule has 1 aliphatic carbocycles. The molecule has 0 unspecified atom stereocenters. The van der Waals surface area contributed by atoms with E-state index in [9.17, 15) is 33.3 Å². The van der Waals surface area contributed by atoms with Crippen molar-refractivity contribution in [2.24, 2.45) is 17.8 Å². The number of carbonyl (C=O) groups is 6. The van der Waals surface area contributed by atoms with Crippen molar-refractivity contribution >= 4 is 65.0 Å². The van der Waals surface area contributed by atoms with Gasteiger partial charge in [0.25, 0.3) is 5.91 Å². The number of ether oxygens (including phenoxy) is 5. The van der Waals surface area contributed by atoms with Crippen molar-refractivity contribution in [1.29, 1.82) is 0 Å². The van der Waals surface area contributed by atoms with Gasteiger partial charge in [-0.1, -0.05) is 6.07 Å². The third kappa shape index (κ3) is 10.6. The summed E-state index contributed by atoms with van der Waals surface area (Å²) in [4.78, 5) is 84.4. The SMILES string of the molecule is CC(C)OC(=O)OCOP(=O)(Cc1ccc2sc(C(=O)N[C@H]3C[C@@H]4C[C@@H]4C[C@H]4CC[C@@H](C(=O)N5CC(C(=O)N6CCOCC6)C5)N4C3=O)cc2c1)OCOC(=O)OC(C)C. The van der Waals surface area contributed by atoms with Crippen LogP contribution in [-0.4, -0.2) is 134 Å². The van der Waals surface area contributed by atoms with Gasteiger partial charge in [-0.25, -0.2) is 9.59 Å². The molecule has 328 valence electrons. The number of hydrogen-bond donors (Lipinski definition) is 1. The number of benzene rings is 1. The zero-order chi connectivity index (χ0) is 42.7. The van der Waals surface area contributed by atoms with Gasteiger partial charge >= 0.3 is 19.9 Å². The van der Waals surface area contributed by atoms with Crippen LogP contribution in [0, 0.1) is 17.8 Å². The summed E-state index contributed by atoms with van der Waals surface area (Å²) in [6, 6.07) is 5.29. The molecule has 18 nitrogen and oxygen atoms in total.